The summed E-state index contributed by atoms with van der Waals surface area (Å²) in [6.07, 6.45) is 2.60. The van der Waals surface area contributed by atoms with Gasteiger partial charge in [0.15, 0.2) is 0 Å². The summed E-state index contributed by atoms with van der Waals surface area (Å²) in [4.78, 5) is 23.6. The summed E-state index contributed by atoms with van der Waals surface area (Å²) in [7, 11) is 0. The Labute approximate surface area is 90.0 Å². The van der Waals surface area contributed by atoms with Gasteiger partial charge < -0.3 is 10.2 Å². The zero-order valence-corrected chi connectivity index (χ0v) is 8.95. The Morgan fingerprint density at radius 3 is 2.40 bits per heavy atom. The molecule has 0 rings (SSSR count). The van der Waals surface area contributed by atoms with E-state index in [0.717, 1.165) is 0 Å². The third-order valence-electron chi connectivity index (χ3n) is 1.70. The van der Waals surface area contributed by atoms with Crippen LogP contribution in [-0.4, -0.2) is 29.8 Å². The van der Waals surface area contributed by atoms with Gasteiger partial charge in [0.1, 0.15) is 0 Å². The van der Waals surface area contributed by atoms with Gasteiger partial charge in [-0.3, -0.25) is 9.59 Å². The summed E-state index contributed by atoms with van der Waals surface area (Å²) in [6, 6.07) is 0. The minimum Gasteiger partial charge on any atom is -0.351 e. The highest BCUT2D eigenvalue weighted by atomic mass is 16.2. The molecule has 0 aromatic heterocycles. The van der Waals surface area contributed by atoms with Crippen LogP contribution in [0.3, 0.4) is 0 Å². The maximum Gasteiger partial charge on any atom is 0.249 e. The Morgan fingerprint density at radius 1 is 1.40 bits per heavy atom. The summed E-state index contributed by atoms with van der Waals surface area (Å²) in [5.41, 5.74) is 0.440. The van der Waals surface area contributed by atoms with Crippen LogP contribution in [-0.2, 0) is 9.59 Å². The van der Waals surface area contributed by atoms with Gasteiger partial charge in [0.05, 0.1) is 0 Å². The molecule has 0 spiro atoms. The molecule has 0 fully saturated rings. The van der Waals surface area contributed by atoms with E-state index in [1.807, 2.05) is 0 Å². The van der Waals surface area contributed by atoms with Crippen molar-refractivity contribution in [3.8, 4) is 0 Å². The third-order valence-corrected chi connectivity index (χ3v) is 1.70. The average molecular weight is 208 g/mol. The van der Waals surface area contributed by atoms with Gasteiger partial charge in [0.25, 0.3) is 0 Å². The molecule has 0 aromatic rings. The summed E-state index contributed by atoms with van der Waals surface area (Å²) < 4.78 is 0. The molecule has 4 heteroatoms. The zero-order chi connectivity index (χ0) is 11.8. The number of nitrogens with zero attached hydrogens (tertiary/aromatic N) is 1. The molecule has 4 nitrogen and oxygen atoms in total. The van der Waals surface area contributed by atoms with Crippen LogP contribution in [0.1, 0.15) is 6.92 Å². The molecular formula is C11H16N2O2. The maximum atomic E-state index is 11.2. The quantitative estimate of drug-likeness (QED) is 0.657. The molecule has 0 aliphatic carbocycles. The molecule has 1 N–H and O–H groups in total. The number of nitrogens with one attached hydrogen (secondary N) is 1. The highest BCUT2D eigenvalue weighted by molar-refractivity contribution is 5.92. The predicted octanol–water partition coefficient (Wildman–Crippen LogP) is 0.837. The highest BCUT2D eigenvalue weighted by Gasteiger charge is 2.06. The van der Waals surface area contributed by atoms with E-state index in [1.54, 1.807) is 6.92 Å². The number of rotatable bonds is 6. The van der Waals surface area contributed by atoms with Gasteiger partial charge in [-0.15, -0.1) is 0 Å². The van der Waals surface area contributed by atoms with Crippen molar-refractivity contribution in [3.05, 3.63) is 37.6 Å². The Bertz CT molecular complexity index is 295. The minimum atomic E-state index is -0.241. The third kappa shape index (κ3) is 4.81. The Balaban J connectivity index is 3.98. The molecule has 0 radical (unpaired) electrons. The topological polar surface area (TPSA) is 49.4 Å². The maximum absolute atomic E-state index is 11.2. The molecular weight excluding hydrogens is 192 g/mol. The van der Waals surface area contributed by atoms with E-state index in [-0.39, 0.29) is 11.8 Å². The van der Waals surface area contributed by atoms with E-state index < -0.39 is 0 Å². The zero-order valence-electron chi connectivity index (χ0n) is 8.95. The van der Waals surface area contributed by atoms with Crippen molar-refractivity contribution in [2.45, 2.75) is 6.92 Å². The van der Waals surface area contributed by atoms with E-state index in [4.69, 9.17) is 0 Å². The molecule has 0 aliphatic heterocycles. The van der Waals surface area contributed by atoms with E-state index in [1.165, 1.54) is 17.2 Å². The molecule has 0 aromatic carbocycles. The second-order valence-electron chi connectivity index (χ2n) is 2.95. The van der Waals surface area contributed by atoms with Crippen molar-refractivity contribution < 1.29 is 9.59 Å². The van der Waals surface area contributed by atoms with Gasteiger partial charge >= 0.3 is 0 Å². The molecule has 0 aliphatic rings. The standard InChI is InChI=1S/C11H16N2O2/c1-5-10(14)13(6-2)8-7-12-11(15)9(3)4/h5-6H,1-3,7-8H2,4H3,(H,12,15). The number of carbonyl (C=O) groups excluding carboxylic acids is 2. The van der Waals surface area contributed by atoms with Crippen molar-refractivity contribution in [1.29, 1.82) is 0 Å². The first-order chi connectivity index (χ1) is 7.02. The SMILES string of the molecule is C=CC(=O)N(C=C)CCNC(=O)C(=C)C. The Morgan fingerprint density at radius 2 is 2.00 bits per heavy atom. The molecule has 82 valence electrons. The molecule has 0 heterocycles. The Hall–Kier alpha value is -1.84. The first-order valence-electron chi connectivity index (χ1n) is 4.52. The fourth-order valence-corrected chi connectivity index (χ4v) is 0.849. The summed E-state index contributed by atoms with van der Waals surface area (Å²) in [5.74, 6) is -0.459. The number of hydrogen-bond acceptors (Lipinski definition) is 2. The molecule has 2 amide bonds. The smallest absolute Gasteiger partial charge is 0.249 e. The lowest BCUT2D eigenvalue weighted by molar-refractivity contribution is -0.124. The molecule has 0 saturated carbocycles. The highest BCUT2D eigenvalue weighted by Crippen LogP contribution is 1.91. The fourth-order valence-electron chi connectivity index (χ4n) is 0.849. The lowest BCUT2D eigenvalue weighted by Gasteiger charge is -2.15. The van der Waals surface area contributed by atoms with Crippen LogP contribution in [0.2, 0.25) is 0 Å². The second kappa shape index (κ2) is 6.59. The minimum absolute atomic E-state index is 0.218. The number of amides is 2. The number of hydrogen-bond donors (Lipinski definition) is 1. The largest absolute Gasteiger partial charge is 0.351 e. The van der Waals surface area contributed by atoms with Crippen LogP contribution >= 0.6 is 0 Å². The van der Waals surface area contributed by atoms with E-state index in [2.05, 4.69) is 25.1 Å². The monoisotopic (exact) mass is 208 g/mol. The van der Waals surface area contributed by atoms with Gasteiger partial charge in [-0.1, -0.05) is 19.7 Å². The van der Waals surface area contributed by atoms with E-state index in [0.29, 0.717) is 18.7 Å². The van der Waals surface area contributed by atoms with Gasteiger partial charge in [-0.2, -0.15) is 0 Å². The molecule has 0 saturated heterocycles. The lowest BCUT2D eigenvalue weighted by atomic mass is 10.3. The van der Waals surface area contributed by atoms with Crippen LogP contribution in [0.5, 0.6) is 0 Å². The van der Waals surface area contributed by atoms with Crippen LogP contribution in [0.4, 0.5) is 0 Å². The van der Waals surface area contributed by atoms with Crippen LogP contribution in [0.25, 0.3) is 0 Å². The average Bonchev–Trinajstić information content (AvgIpc) is 2.22. The van der Waals surface area contributed by atoms with Crippen molar-refractivity contribution in [2.24, 2.45) is 0 Å². The fraction of sp³-hybridized carbons (Fsp3) is 0.273. The molecule has 0 atom stereocenters. The van der Waals surface area contributed by atoms with E-state index >= 15 is 0 Å². The summed E-state index contributed by atoms with van der Waals surface area (Å²) in [6.45, 7) is 12.7. The van der Waals surface area contributed by atoms with Crippen LogP contribution < -0.4 is 5.32 Å². The van der Waals surface area contributed by atoms with Crippen molar-refractivity contribution in [3.63, 3.8) is 0 Å². The molecule has 15 heavy (non-hydrogen) atoms. The van der Waals surface area contributed by atoms with Crippen molar-refractivity contribution in [1.82, 2.24) is 10.2 Å². The van der Waals surface area contributed by atoms with Gasteiger partial charge in [0.2, 0.25) is 11.8 Å². The lowest BCUT2D eigenvalue weighted by Crippen LogP contribution is -2.34. The molecule has 0 bridgehead atoms. The van der Waals surface area contributed by atoms with Crippen molar-refractivity contribution in [2.75, 3.05) is 13.1 Å². The predicted molar refractivity (Wildman–Crippen MR) is 59.9 cm³/mol. The van der Waals surface area contributed by atoms with Crippen LogP contribution in [0, 0.1) is 0 Å². The molecule has 0 unspecified atom stereocenters. The summed E-state index contributed by atoms with van der Waals surface area (Å²) in [5, 5.41) is 2.61. The second-order valence-corrected chi connectivity index (χ2v) is 2.95. The number of carbonyl (C=O) groups is 2. The van der Waals surface area contributed by atoms with Crippen molar-refractivity contribution >= 4 is 11.8 Å². The first-order valence-corrected chi connectivity index (χ1v) is 4.52. The van der Waals surface area contributed by atoms with Crippen LogP contribution in [0.15, 0.2) is 37.6 Å². The van der Waals surface area contributed by atoms with Gasteiger partial charge in [-0.05, 0) is 19.2 Å². The normalized spacial score (nSPS) is 8.87. The van der Waals surface area contributed by atoms with E-state index in [9.17, 15) is 9.59 Å². The van der Waals surface area contributed by atoms with Gasteiger partial charge in [0, 0.05) is 18.7 Å². The van der Waals surface area contributed by atoms with Gasteiger partial charge in [-0.25, -0.2) is 0 Å². The summed E-state index contributed by atoms with van der Waals surface area (Å²) >= 11 is 0. The Kier molecular flexibility index (Phi) is 5.78. The first kappa shape index (κ1) is 13.2.